The number of carbonyl (C=O) groups excluding carboxylic acids is 1. The largest absolute Gasteiger partial charge is 0.310 e. The Kier molecular flexibility index (Phi) is 6.87. The van der Waals surface area contributed by atoms with Gasteiger partial charge in [-0.05, 0) is 101 Å². The van der Waals surface area contributed by atoms with Crippen LogP contribution in [0.5, 0.6) is 0 Å². The maximum Gasteiger partial charge on any atom is 0.195 e. The molecule has 2 saturated heterocycles. The number of benzene rings is 2. The summed E-state index contributed by atoms with van der Waals surface area (Å²) in [6.07, 6.45) is 10.7. The quantitative estimate of drug-likeness (QED) is 0.216. The Morgan fingerprint density at radius 1 is 1.08 bits per heavy atom. The number of nitrogens with zero attached hydrogens (tertiary/aromatic N) is 3. The number of hydrogen-bond donors (Lipinski definition) is 1. The molecule has 1 N–H and O–H groups in total. The number of rotatable bonds is 8. The number of piperidine rings is 1. The second-order valence-electron chi connectivity index (χ2n) is 10.2. The van der Waals surface area contributed by atoms with Crippen LogP contribution in [0.1, 0.15) is 73.3 Å². The number of ketones is 1. The normalized spacial score (nSPS) is 19.0. The third-order valence-corrected chi connectivity index (χ3v) is 8.74. The molecule has 2 aliphatic rings. The zero-order valence-corrected chi connectivity index (χ0v) is 21.5. The van der Waals surface area contributed by atoms with Crippen molar-refractivity contribution in [1.82, 2.24) is 19.6 Å². The zero-order valence-electron chi connectivity index (χ0n) is 20.6. The van der Waals surface area contributed by atoms with E-state index in [0.717, 1.165) is 65.1 Å². The first kappa shape index (κ1) is 23.8. The van der Waals surface area contributed by atoms with Crippen LogP contribution in [-0.4, -0.2) is 46.2 Å². The number of halogens is 1. The molecule has 2 fully saturated rings. The van der Waals surface area contributed by atoms with Crippen LogP contribution < -0.4 is 5.32 Å². The van der Waals surface area contributed by atoms with E-state index in [2.05, 4.69) is 10.2 Å². The Bertz CT molecular complexity index is 1380. The molecule has 7 heteroatoms. The first-order valence-corrected chi connectivity index (χ1v) is 14.2. The predicted octanol–water partition coefficient (Wildman–Crippen LogP) is 6.62. The van der Waals surface area contributed by atoms with Gasteiger partial charge in [-0.1, -0.05) is 23.8 Å². The zero-order chi connectivity index (χ0) is 24.5. The number of likely N-dealkylation sites (tertiary alicyclic amines) is 1. The average molecular weight is 505 g/mol. The van der Waals surface area contributed by atoms with Gasteiger partial charge < -0.3 is 10.2 Å². The van der Waals surface area contributed by atoms with Gasteiger partial charge in [0.15, 0.2) is 10.7 Å². The summed E-state index contributed by atoms with van der Waals surface area (Å²) < 4.78 is 18.0. The first-order chi connectivity index (χ1) is 17.7. The van der Waals surface area contributed by atoms with Crippen molar-refractivity contribution in [1.29, 1.82) is 0 Å². The van der Waals surface area contributed by atoms with E-state index in [1.165, 1.54) is 32.4 Å². The molecule has 0 spiro atoms. The summed E-state index contributed by atoms with van der Waals surface area (Å²) in [6.45, 7) is 4.52. The standard InChI is InChI=1S/C29H33FN4OS/c30-23-17-20(24-7-6-13-31-24)9-11-22(23)25-19-34-26-12-10-21(18-28(26)36-29(34)32-25)27(35)8-2-5-16-33-14-3-1-4-15-33/h9-12,17-19,24,31H,1-8,13-16H2/t24-/m1/s1. The molecule has 0 radical (unpaired) electrons. The molecule has 36 heavy (non-hydrogen) atoms. The van der Waals surface area contributed by atoms with Crippen LogP contribution in [0, 0.1) is 5.82 Å². The summed E-state index contributed by atoms with van der Waals surface area (Å²) in [4.78, 5) is 20.9. The van der Waals surface area contributed by atoms with E-state index in [1.807, 2.05) is 40.9 Å². The Labute approximate surface area is 215 Å². The highest BCUT2D eigenvalue weighted by Gasteiger charge is 2.19. The Morgan fingerprint density at radius 2 is 1.97 bits per heavy atom. The van der Waals surface area contributed by atoms with Crippen molar-refractivity contribution in [3.05, 3.63) is 59.5 Å². The van der Waals surface area contributed by atoms with Crippen LogP contribution in [0.3, 0.4) is 0 Å². The summed E-state index contributed by atoms with van der Waals surface area (Å²) in [7, 11) is 0. The van der Waals surface area contributed by atoms with Crippen LogP contribution in [-0.2, 0) is 0 Å². The van der Waals surface area contributed by atoms with Crippen molar-refractivity contribution in [3.8, 4) is 11.3 Å². The molecule has 0 bridgehead atoms. The molecule has 2 aromatic carbocycles. The van der Waals surface area contributed by atoms with Gasteiger partial charge in [-0.3, -0.25) is 9.20 Å². The highest BCUT2D eigenvalue weighted by atomic mass is 32.1. The van der Waals surface area contributed by atoms with Crippen LogP contribution >= 0.6 is 11.3 Å². The lowest BCUT2D eigenvalue weighted by atomic mass is 10.0. The number of hydrogen-bond acceptors (Lipinski definition) is 5. The van der Waals surface area contributed by atoms with Crippen molar-refractivity contribution in [2.24, 2.45) is 0 Å². The van der Waals surface area contributed by atoms with Crippen molar-refractivity contribution in [2.75, 3.05) is 26.2 Å². The van der Waals surface area contributed by atoms with E-state index in [-0.39, 0.29) is 17.6 Å². The molecule has 5 nitrogen and oxygen atoms in total. The van der Waals surface area contributed by atoms with E-state index < -0.39 is 0 Å². The molecule has 2 aliphatic heterocycles. The molecule has 6 rings (SSSR count). The van der Waals surface area contributed by atoms with Gasteiger partial charge in [-0.25, -0.2) is 9.37 Å². The van der Waals surface area contributed by atoms with Crippen LogP contribution in [0.4, 0.5) is 4.39 Å². The molecule has 4 heterocycles. The average Bonchev–Trinajstić information content (AvgIpc) is 3.63. The lowest BCUT2D eigenvalue weighted by molar-refractivity contribution is 0.0977. The van der Waals surface area contributed by atoms with Gasteiger partial charge in [0.25, 0.3) is 0 Å². The molecule has 2 aromatic heterocycles. The minimum Gasteiger partial charge on any atom is -0.310 e. The maximum atomic E-state index is 15.0. The summed E-state index contributed by atoms with van der Waals surface area (Å²) in [5, 5.41) is 3.43. The summed E-state index contributed by atoms with van der Waals surface area (Å²) >= 11 is 1.55. The van der Waals surface area contributed by atoms with E-state index in [1.54, 1.807) is 17.4 Å². The summed E-state index contributed by atoms with van der Waals surface area (Å²) in [5.41, 5.74) is 3.94. The van der Waals surface area contributed by atoms with Gasteiger partial charge in [-0.2, -0.15) is 0 Å². The first-order valence-electron chi connectivity index (χ1n) is 13.4. The fraction of sp³-hybridized carbons (Fsp3) is 0.448. The van der Waals surface area contributed by atoms with Gasteiger partial charge in [0.05, 0.1) is 15.9 Å². The monoisotopic (exact) mass is 504 g/mol. The van der Waals surface area contributed by atoms with Crippen molar-refractivity contribution in [2.45, 2.75) is 57.4 Å². The highest BCUT2D eigenvalue weighted by Crippen LogP contribution is 2.33. The second kappa shape index (κ2) is 10.4. The minimum absolute atomic E-state index is 0.209. The molecular weight excluding hydrogens is 471 g/mol. The molecular formula is C29H33FN4OS. The Morgan fingerprint density at radius 3 is 2.78 bits per heavy atom. The fourth-order valence-corrected chi connectivity index (χ4v) is 6.72. The minimum atomic E-state index is -0.232. The van der Waals surface area contributed by atoms with E-state index in [9.17, 15) is 9.18 Å². The molecule has 1 atom stereocenters. The summed E-state index contributed by atoms with van der Waals surface area (Å²) in [5.74, 6) is -0.0226. The number of aromatic nitrogens is 2. The van der Waals surface area contributed by atoms with Crippen LogP contribution in [0.15, 0.2) is 42.6 Å². The number of fused-ring (bicyclic) bond motifs is 3. The molecule has 0 aliphatic carbocycles. The Balaban J connectivity index is 1.14. The highest BCUT2D eigenvalue weighted by molar-refractivity contribution is 7.23. The third kappa shape index (κ3) is 4.84. The van der Waals surface area contributed by atoms with E-state index in [0.29, 0.717) is 17.7 Å². The lowest BCUT2D eigenvalue weighted by Crippen LogP contribution is -2.30. The van der Waals surface area contributed by atoms with Crippen molar-refractivity contribution < 1.29 is 9.18 Å². The van der Waals surface area contributed by atoms with E-state index >= 15 is 0 Å². The number of unbranched alkanes of at least 4 members (excludes halogenated alkanes) is 1. The van der Waals surface area contributed by atoms with E-state index in [4.69, 9.17) is 4.98 Å². The van der Waals surface area contributed by atoms with Crippen LogP contribution in [0.2, 0.25) is 0 Å². The Hall–Kier alpha value is -2.61. The number of nitrogens with one attached hydrogen (secondary N) is 1. The topological polar surface area (TPSA) is 49.6 Å². The molecule has 4 aromatic rings. The number of imidazole rings is 1. The van der Waals surface area contributed by atoms with Gasteiger partial charge in [0.1, 0.15) is 5.82 Å². The van der Waals surface area contributed by atoms with Gasteiger partial charge in [-0.15, -0.1) is 0 Å². The number of Topliss-reactive ketones (excluding diaryl/α,β-unsaturated/α-hetero) is 1. The molecule has 188 valence electrons. The summed E-state index contributed by atoms with van der Waals surface area (Å²) in [6, 6.07) is 11.7. The lowest BCUT2D eigenvalue weighted by Gasteiger charge is -2.26. The third-order valence-electron chi connectivity index (χ3n) is 7.72. The number of carbonyl (C=O) groups is 1. The molecule has 0 unspecified atom stereocenters. The van der Waals surface area contributed by atoms with Gasteiger partial charge in [0.2, 0.25) is 0 Å². The van der Waals surface area contributed by atoms with Crippen molar-refractivity contribution in [3.63, 3.8) is 0 Å². The van der Waals surface area contributed by atoms with Gasteiger partial charge in [0, 0.05) is 29.8 Å². The second-order valence-corrected chi connectivity index (χ2v) is 11.2. The maximum absolute atomic E-state index is 15.0. The SMILES string of the molecule is O=C(CCCCN1CCCCC1)c1ccc2c(c1)sc1nc(-c3ccc([C@H]4CCCN4)cc3F)cn12. The van der Waals surface area contributed by atoms with Crippen molar-refractivity contribution >= 4 is 32.3 Å². The predicted molar refractivity (Wildman–Crippen MR) is 144 cm³/mol. The fourth-order valence-electron chi connectivity index (χ4n) is 5.68. The molecule has 0 amide bonds. The molecule has 0 saturated carbocycles. The van der Waals surface area contributed by atoms with Crippen LogP contribution in [0.25, 0.3) is 26.4 Å². The smallest absolute Gasteiger partial charge is 0.195 e. The number of thiazole rings is 1. The van der Waals surface area contributed by atoms with Gasteiger partial charge >= 0.3 is 0 Å².